The number of aromatic nitrogens is 1. The van der Waals surface area contributed by atoms with Gasteiger partial charge in [0.15, 0.2) is 5.13 Å². The maximum atomic E-state index is 11.7. The van der Waals surface area contributed by atoms with E-state index in [0.29, 0.717) is 16.4 Å². The van der Waals surface area contributed by atoms with E-state index in [9.17, 15) is 9.59 Å². The molecule has 0 bridgehead atoms. The highest BCUT2D eigenvalue weighted by Gasteiger charge is 2.08. The van der Waals surface area contributed by atoms with Crippen LogP contribution in [0.5, 0.6) is 0 Å². The number of methoxy groups -OCH3 is 1. The molecule has 0 aliphatic rings. The summed E-state index contributed by atoms with van der Waals surface area (Å²) in [5.41, 5.74) is 0.928. The van der Waals surface area contributed by atoms with Crippen LogP contribution in [-0.2, 0) is 9.53 Å². The number of rotatable bonds is 5. The van der Waals surface area contributed by atoms with Crippen LogP contribution < -0.4 is 10.6 Å². The monoisotopic (exact) mass is 291 g/mol. The maximum absolute atomic E-state index is 11.7. The first kappa shape index (κ1) is 14.0. The molecule has 1 heterocycles. The molecule has 1 amide bonds. The van der Waals surface area contributed by atoms with Crippen molar-refractivity contribution in [3.63, 3.8) is 0 Å². The molecule has 104 valence electrons. The number of amides is 1. The van der Waals surface area contributed by atoms with Gasteiger partial charge < -0.3 is 15.4 Å². The molecule has 1 aromatic carbocycles. The van der Waals surface area contributed by atoms with Crippen LogP contribution in [0.15, 0.2) is 35.8 Å². The van der Waals surface area contributed by atoms with Crippen molar-refractivity contribution in [2.75, 3.05) is 24.3 Å². The minimum atomic E-state index is -0.443. The normalized spacial score (nSPS) is 9.85. The molecule has 0 fully saturated rings. The molecule has 7 heteroatoms. The van der Waals surface area contributed by atoms with Crippen LogP contribution in [0.25, 0.3) is 0 Å². The van der Waals surface area contributed by atoms with Gasteiger partial charge in [0.1, 0.15) is 0 Å². The van der Waals surface area contributed by atoms with Gasteiger partial charge in [0, 0.05) is 17.3 Å². The van der Waals surface area contributed by atoms with Crippen molar-refractivity contribution in [2.24, 2.45) is 0 Å². The summed E-state index contributed by atoms with van der Waals surface area (Å²) in [5, 5.41) is 8.09. The lowest BCUT2D eigenvalue weighted by atomic mass is 10.2. The quantitative estimate of drug-likeness (QED) is 0.823. The molecule has 20 heavy (non-hydrogen) atoms. The van der Waals surface area contributed by atoms with Crippen LogP contribution >= 0.6 is 11.3 Å². The Morgan fingerprint density at radius 2 is 2.25 bits per heavy atom. The molecule has 2 aromatic rings. The summed E-state index contributed by atoms with van der Waals surface area (Å²) in [6.45, 7) is 0.107. The minimum absolute atomic E-state index is 0.107. The minimum Gasteiger partial charge on any atom is -0.465 e. The lowest BCUT2D eigenvalue weighted by Gasteiger charge is -2.07. The Bertz CT molecular complexity index is 599. The third kappa shape index (κ3) is 3.79. The Labute approximate surface area is 119 Å². The first-order valence-electron chi connectivity index (χ1n) is 5.80. The van der Waals surface area contributed by atoms with Crippen molar-refractivity contribution in [1.82, 2.24) is 4.98 Å². The van der Waals surface area contributed by atoms with Gasteiger partial charge in [0.2, 0.25) is 5.91 Å². The summed E-state index contributed by atoms with van der Waals surface area (Å²) in [7, 11) is 1.31. The lowest BCUT2D eigenvalue weighted by Crippen LogP contribution is -2.21. The van der Waals surface area contributed by atoms with E-state index < -0.39 is 5.97 Å². The zero-order valence-corrected chi connectivity index (χ0v) is 11.6. The van der Waals surface area contributed by atoms with Crippen LogP contribution in [0, 0.1) is 0 Å². The lowest BCUT2D eigenvalue weighted by molar-refractivity contribution is -0.114. The van der Waals surface area contributed by atoms with Gasteiger partial charge >= 0.3 is 5.97 Å². The standard InChI is InChI=1S/C13H13N3O3S/c1-19-12(18)9-3-2-4-10(7-9)16-11(17)8-15-13-14-5-6-20-13/h2-7H,8H2,1H3,(H,14,15)(H,16,17). The second-order valence-corrected chi connectivity index (χ2v) is 4.71. The zero-order valence-electron chi connectivity index (χ0n) is 10.8. The topological polar surface area (TPSA) is 80.3 Å². The summed E-state index contributed by atoms with van der Waals surface area (Å²) in [6.07, 6.45) is 1.66. The Balaban J connectivity index is 1.92. The highest BCUT2D eigenvalue weighted by Crippen LogP contribution is 2.12. The SMILES string of the molecule is COC(=O)c1cccc(NC(=O)CNc2nccs2)c1. The number of esters is 1. The molecule has 0 spiro atoms. The Morgan fingerprint density at radius 1 is 1.40 bits per heavy atom. The van der Waals surface area contributed by atoms with Crippen LogP contribution in [0.4, 0.5) is 10.8 Å². The number of hydrogen-bond acceptors (Lipinski definition) is 6. The van der Waals surface area contributed by atoms with Gasteiger partial charge in [-0.3, -0.25) is 4.79 Å². The van der Waals surface area contributed by atoms with Crippen LogP contribution in [0.2, 0.25) is 0 Å². The molecule has 1 aromatic heterocycles. The largest absolute Gasteiger partial charge is 0.465 e. The first-order valence-corrected chi connectivity index (χ1v) is 6.68. The highest BCUT2D eigenvalue weighted by atomic mass is 32.1. The van der Waals surface area contributed by atoms with Crippen LogP contribution in [0.3, 0.4) is 0 Å². The Morgan fingerprint density at radius 3 is 2.95 bits per heavy atom. The van der Waals surface area contributed by atoms with Gasteiger partial charge in [-0.2, -0.15) is 0 Å². The molecule has 6 nitrogen and oxygen atoms in total. The number of hydrogen-bond donors (Lipinski definition) is 2. The van der Waals surface area contributed by atoms with E-state index in [1.807, 2.05) is 5.38 Å². The molecular weight excluding hydrogens is 278 g/mol. The van der Waals surface area contributed by atoms with Gasteiger partial charge in [-0.25, -0.2) is 9.78 Å². The number of ether oxygens (including phenoxy) is 1. The van der Waals surface area contributed by atoms with Gasteiger partial charge in [-0.1, -0.05) is 6.07 Å². The second-order valence-electron chi connectivity index (χ2n) is 3.81. The first-order chi connectivity index (χ1) is 9.69. The van der Waals surface area contributed by atoms with E-state index in [2.05, 4.69) is 20.4 Å². The predicted molar refractivity (Wildman–Crippen MR) is 77.0 cm³/mol. The van der Waals surface area contributed by atoms with Crippen molar-refractivity contribution < 1.29 is 14.3 Å². The van der Waals surface area contributed by atoms with Gasteiger partial charge in [-0.15, -0.1) is 11.3 Å². The molecule has 2 N–H and O–H groups in total. The zero-order chi connectivity index (χ0) is 14.4. The van der Waals surface area contributed by atoms with Crippen molar-refractivity contribution in [3.05, 3.63) is 41.4 Å². The number of carbonyl (C=O) groups is 2. The average molecular weight is 291 g/mol. The van der Waals surface area contributed by atoms with Crippen LogP contribution in [0.1, 0.15) is 10.4 Å². The third-order valence-corrected chi connectivity index (χ3v) is 3.13. The smallest absolute Gasteiger partial charge is 0.337 e. The number of benzene rings is 1. The fraction of sp³-hybridized carbons (Fsp3) is 0.154. The summed E-state index contributed by atoms with van der Waals surface area (Å²) < 4.78 is 4.62. The number of nitrogens with zero attached hydrogens (tertiary/aromatic N) is 1. The highest BCUT2D eigenvalue weighted by molar-refractivity contribution is 7.13. The molecular formula is C13H13N3O3S. The third-order valence-electron chi connectivity index (χ3n) is 2.40. The average Bonchev–Trinajstić information content (AvgIpc) is 2.98. The van der Waals surface area contributed by atoms with Gasteiger partial charge in [-0.05, 0) is 18.2 Å². The van der Waals surface area contributed by atoms with Gasteiger partial charge in [0.25, 0.3) is 0 Å². The van der Waals surface area contributed by atoms with Crippen LogP contribution in [-0.4, -0.2) is 30.5 Å². The molecule has 0 unspecified atom stereocenters. The fourth-order valence-corrected chi connectivity index (χ4v) is 2.04. The van der Waals surface area contributed by atoms with Crippen molar-refractivity contribution in [1.29, 1.82) is 0 Å². The molecule has 0 aliphatic heterocycles. The Hall–Kier alpha value is -2.41. The van der Waals surface area contributed by atoms with Crippen molar-refractivity contribution >= 4 is 34.0 Å². The second kappa shape index (κ2) is 6.67. The molecule has 0 saturated heterocycles. The number of thiazole rings is 1. The maximum Gasteiger partial charge on any atom is 0.337 e. The number of carbonyl (C=O) groups excluding carboxylic acids is 2. The van der Waals surface area contributed by atoms with E-state index >= 15 is 0 Å². The van der Waals surface area contributed by atoms with E-state index in [0.717, 1.165) is 0 Å². The molecule has 0 atom stereocenters. The van der Waals surface area contributed by atoms with E-state index in [4.69, 9.17) is 0 Å². The molecule has 0 aliphatic carbocycles. The Kier molecular flexibility index (Phi) is 4.67. The summed E-state index contributed by atoms with van der Waals surface area (Å²) >= 11 is 1.42. The summed E-state index contributed by atoms with van der Waals surface area (Å²) in [4.78, 5) is 27.1. The fourth-order valence-electron chi connectivity index (χ4n) is 1.51. The predicted octanol–water partition coefficient (Wildman–Crippen LogP) is 1.98. The van der Waals surface area contributed by atoms with E-state index in [-0.39, 0.29) is 12.5 Å². The summed E-state index contributed by atoms with van der Waals surface area (Å²) in [6, 6.07) is 6.56. The number of anilines is 2. The van der Waals surface area contributed by atoms with E-state index in [1.165, 1.54) is 18.4 Å². The number of nitrogens with one attached hydrogen (secondary N) is 2. The van der Waals surface area contributed by atoms with E-state index in [1.54, 1.807) is 30.5 Å². The van der Waals surface area contributed by atoms with Crippen molar-refractivity contribution in [2.45, 2.75) is 0 Å². The molecule has 2 rings (SSSR count). The molecule has 0 saturated carbocycles. The van der Waals surface area contributed by atoms with Crippen molar-refractivity contribution in [3.8, 4) is 0 Å². The summed E-state index contributed by atoms with van der Waals surface area (Å²) in [5.74, 6) is -0.663. The van der Waals surface area contributed by atoms with Gasteiger partial charge in [0.05, 0.1) is 19.2 Å². The molecule has 0 radical (unpaired) electrons.